The Morgan fingerprint density at radius 1 is 1.21 bits per heavy atom. The molecule has 2 N–H and O–H groups in total. The molecule has 2 aromatic rings. The second kappa shape index (κ2) is 9.43. The summed E-state index contributed by atoms with van der Waals surface area (Å²) in [5, 5.41) is 12.4. The third kappa shape index (κ3) is 5.15. The normalized spacial score (nSPS) is 15.6. The van der Waals surface area contributed by atoms with E-state index in [1.54, 1.807) is 18.2 Å². The molecule has 0 spiro atoms. The first-order valence-electron chi connectivity index (χ1n) is 9.04. The molecule has 0 bridgehead atoms. The van der Waals surface area contributed by atoms with E-state index in [2.05, 4.69) is 5.32 Å². The van der Waals surface area contributed by atoms with Crippen LogP contribution in [0.2, 0.25) is 0 Å². The van der Waals surface area contributed by atoms with Gasteiger partial charge in [0.05, 0.1) is 31.5 Å². The molecule has 2 aromatic carbocycles. The highest BCUT2D eigenvalue weighted by molar-refractivity contribution is 5.92. The van der Waals surface area contributed by atoms with Crippen molar-refractivity contribution in [1.82, 2.24) is 5.32 Å². The average molecular weight is 388 g/mol. The van der Waals surface area contributed by atoms with Crippen LogP contribution in [-0.4, -0.2) is 43.9 Å². The van der Waals surface area contributed by atoms with Gasteiger partial charge in [0.15, 0.2) is 0 Å². The van der Waals surface area contributed by atoms with Crippen molar-refractivity contribution in [2.75, 3.05) is 37.8 Å². The van der Waals surface area contributed by atoms with Gasteiger partial charge < -0.3 is 20.1 Å². The highest BCUT2D eigenvalue weighted by atomic mass is 19.1. The molecule has 7 heteroatoms. The molecule has 28 heavy (non-hydrogen) atoms. The number of nitrogens with one attached hydrogen (secondary N) is 1. The first-order valence-corrected chi connectivity index (χ1v) is 9.04. The van der Waals surface area contributed by atoms with Crippen molar-refractivity contribution in [1.29, 1.82) is 0 Å². The van der Waals surface area contributed by atoms with Crippen LogP contribution < -0.4 is 10.2 Å². The van der Waals surface area contributed by atoms with E-state index in [-0.39, 0.29) is 12.4 Å². The molecular formula is C21H22F2N2O3. The molecule has 148 valence electrons. The van der Waals surface area contributed by atoms with Gasteiger partial charge >= 0.3 is 0 Å². The van der Waals surface area contributed by atoms with E-state index < -0.39 is 17.8 Å². The number of hydrogen-bond donors (Lipinski definition) is 2. The summed E-state index contributed by atoms with van der Waals surface area (Å²) < 4.78 is 32.7. The summed E-state index contributed by atoms with van der Waals surface area (Å²) in [4.78, 5) is 14.1. The van der Waals surface area contributed by atoms with Gasteiger partial charge in [-0.05, 0) is 41.5 Å². The number of rotatable bonds is 6. The number of aliphatic hydroxyl groups is 1. The van der Waals surface area contributed by atoms with Crippen molar-refractivity contribution >= 4 is 17.7 Å². The predicted molar refractivity (Wildman–Crippen MR) is 103 cm³/mol. The van der Waals surface area contributed by atoms with Gasteiger partial charge in [0.1, 0.15) is 11.6 Å². The number of carbonyl (C=O) groups is 1. The first kappa shape index (κ1) is 20.0. The molecule has 1 amide bonds. The van der Waals surface area contributed by atoms with E-state index in [4.69, 9.17) is 4.74 Å². The Balaban J connectivity index is 1.71. The van der Waals surface area contributed by atoms with E-state index in [1.807, 2.05) is 4.90 Å². The Morgan fingerprint density at radius 3 is 2.71 bits per heavy atom. The molecule has 3 rings (SSSR count). The summed E-state index contributed by atoms with van der Waals surface area (Å²) in [7, 11) is 0. The zero-order valence-corrected chi connectivity index (χ0v) is 15.3. The highest BCUT2D eigenvalue weighted by Gasteiger charge is 2.19. The lowest BCUT2D eigenvalue weighted by atomic mass is 10.1. The molecule has 1 aliphatic rings. The molecule has 0 aromatic heterocycles. The first-order chi connectivity index (χ1) is 13.6. The number of ether oxygens (including phenoxy) is 1. The largest absolute Gasteiger partial charge is 0.394 e. The van der Waals surface area contributed by atoms with Gasteiger partial charge in [-0.2, -0.15) is 0 Å². The van der Waals surface area contributed by atoms with Gasteiger partial charge in [-0.15, -0.1) is 0 Å². The lowest BCUT2D eigenvalue weighted by Gasteiger charge is -2.30. The highest BCUT2D eigenvalue weighted by Crippen LogP contribution is 2.25. The van der Waals surface area contributed by atoms with E-state index >= 15 is 0 Å². The average Bonchev–Trinajstić information content (AvgIpc) is 2.72. The molecule has 0 saturated carbocycles. The van der Waals surface area contributed by atoms with Crippen molar-refractivity contribution in [3.8, 4) is 0 Å². The molecule has 1 unspecified atom stereocenters. The fourth-order valence-corrected chi connectivity index (χ4v) is 3.03. The lowest BCUT2D eigenvalue weighted by Crippen LogP contribution is -2.37. The Hall–Kier alpha value is -2.77. The minimum Gasteiger partial charge on any atom is -0.394 e. The quantitative estimate of drug-likeness (QED) is 0.747. The van der Waals surface area contributed by atoms with E-state index in [0.29, 0.717) is 43.1 Å². The SMILES string of the molecule is O=C(C=Cc1cccc(F)c1)NC(CO)c1ccc(F)c(N2CCOCC2)c1. The molecule has 1 saturated heterocycles. The number of amides is 1. The maximum absolute atomic E-state index is 14.3. The zero-order valence-electron chi connectivity index (χ0n) is 15.3. The van der Waals surface area contributed by atoms with Crippen molar-refractivity contribution in [3.63, 3.8) is 0 Å². The van der Waals surface area contributed by atoms with Gasteiger partial charge in [-0.1, -0.05) is 18.2 Å². The van der Waals surface area contributed by atoms with Crippen LogP contribution in [0.5, 0.6) is 0 Å². The summed E-state index contributed by atoms with van der Waals surface area (Å²) >= 11 is 0. The van der Waals surface area contributed by atoms with Crippen LogP contribution in [0.1, 0.15) is 17.2 Å². The molecule has 0 radical (unpaired) electrons. The van der Waals surface area contributed by atoms with Gasteiger partial charge in [-0.3, -0.25) is 4.79 Å². The fraction of sp³-hybridized carbons (Fsp3) is 0.286. The van der Waals surface area contributed by atoms with Crippen LogP contribution in [0, 0.1) is 11.6 Å². The second-order valence-electron chi connectivity index (χ2n) is 6.44. The Bertz CT molecular complexity index is 851. The summed E-state index contributed by atoms with van der Waals surface area (Å²) in [6.07, 6.45) is 2.75. The fourth-order valence-electron chi connectivity index (χ4n) is 3.03. The Morgan fingerprint density at radius 2 is 2.00 bits per heavy atom. The minimum absolute atomic E-state index is 0.340. The third-order valence-electron chi connectivity index (χ3n) is 4.50. The number of benzene rings is 2. The van der Waals surface area contributed by atoms with Crippen LogP contribution in [-0.2, 0) is 9.53 Å². The van der Waals surface area contributed by atoms with Crippen molar-refractivity contribution in [3.05, 3.63) is 71.3 Å². The van der Waals surface area contributed by atoms with E-state index in [9.17, 15) is 18.7 Å². The van der Waals surface area contributed by atoms with Crippen LogP contribution in [0.15, 0.2) is 48.5 Å². The molecule has 1 atom stereocenters. The zero-order chi connectivity index (χ0) is 19.9. The van der Waals surface area contributed by atoms with Gasteiger partial charge in [0, 0.05) is 19.2 Å². The third-order valence-corrected chi connectivity index (χ3v) is 4.50. The van der Waals surface area contributed by atoms with E-state index in [0.717, 1.165) is 0 Å². The summed E-state index contributed by atoms with van der Waals surface area (Å²) in [6, 6.07) is 9.67. The van der Waals surface area contributed by atoms with Gasteiger partial charge in [0.2, 0.25) is 5.91 Å². The summed E-state index contributed by atoms with van der Waals surface area (Å²) in [6.45, 7) is 1.86. The number of anilines is 1. The lowest BCUT2D eigenvalue weighted by molar-refractivity contribution is -0.117. The Labute approximate surface area is 162 Å². The number of nitrogens with zero attached hydrogens (tertiary/aromatic N) is 1. The molecule has 1 heterocycles. The predicted octanol–water partition coefficient (Wildman–Crippen LogP) is 2.66. The topological polar surface area (TPSA) is 61.8 Å². The molecule has 1 fully saturated rings. The van der Waals surface area contributed by atoms with Crippen LogP contribution in [0.25, 0.3) is 6.08 Å². The number of halogens is 2. The number of hydrogen-bond acceptors (Lipinski definition) is 4. The summed E-state index contributed by atoms with van der Waals surface area (Å²) in [5.74, 6) is -1.20. The van der Waals surface area contributed by atoms with Crippen LogP contribution in [0.3, 0.4) is 0 Å². The molecule has 1 aliphatic heterocycles. The van der Waals surface area contributed by atoms with Crippen molar-refractivity contribution < 1.29 is 23.4 Å². The van der Waals surface area contributed by atoms with Gasteiger partial charge in [0.25, 0.3) is 0 Å². The number of aliphatic hydroxyl groups excluding tert-OH is 1. The number of carbonyl (C=O) groups excluding carboxylic acids is 1. The van der Waals surface area contributed by atoms with Crippen LogP contribution in [0.4, 0.5) is 14.5 Å². The molecule has 0 aliphatic carbocycles. The minimum atomic E-state index is -0.690. The van der Waals surface area contributed by atoms with E-state index in [1.165, 1.54) is 36.4 Å². The van der Waals surface area contributed by atoms with Crippen molar-refractivity contribution in [2.45, 2.75) is 6.04 Å². The standard InChI is InChI=1S/C21H22F2N2O3/c22-17-3-1-2-15(12-17)4-7-21(27)24-19(14-26)16-5-6-18(23)20(13-16)25-8-10-28-11-9-25/h1-7,12-13,19,26H,8-11,14H2,(H,24,27). The van der Waals surface area contributed by atoms with Crippen molar-refractivity contribution in [2.24, 2.45) is 0 Å². The molecular weight excluding hydrogens is 366 g/mol. The smallest absolute Gasteiger partial charge is 0.244 e. The summed E-state index contributed by atoms with van der Waals surface area (Å²) in [5.41, 5.74) is 1.56. The maximum Gasteiger partial charge on any atom is 0.244 e. The second-order valence-corrected chi connectivity index (χ2v) is 6.44. The Kier molecular flexibility index (Phi) is 6.73. The van der Waals surface area contributed by atoms with Crippen LogP contribution >= 0.6 is 0 Å². The monoisotopic (exact) mass is 388 g/mol. The maximum atomic E-state index is 14.3. The molecule has 5 nitrogen and oxygen atoms in total. The number of morpholine rings is 1. The van der Waals surface area contributed by atoms with Gasteiger partial charge in [-0.25, -0.2) is 8.78 Å².